The molecule has 4 heteroatoms. The number of aromatic nitrogens is 1. The molecule has 0 amide bonds. The van der Waals surface area contributed by atoms with E-state index in [1.807, 2.05) is 13.0 Å². The number of hydrogen-bond acceptors (Lipinski definition) is 3. The third-order valence-electron chi connectivity index (χ3n) is 1.22. The van der Waals surface area contributed by atoms with Gasteiger partial charge in [-0.15, -0.1) is 0 Å². The van der Waals surface area contributed by atoms with Crippen molar-refractivity contribution < 1.29 is 4.74 Å². The van der Waals surface area contributed by atoms with Gasteiger partial charge >= 0.3 is 0 Å². The molecular weight excluding hydrogens is 220 g/mol. The average Bonchev–Trinajstić information content (AvgIpc) is 2.09. The normalized spacial score (nSPS) is 9.08. The molecule has 0 fully saturated rings. The summed E-state index contributed by atoms with van der Waals surface area (Å²) < 4.78 is 5.88. The molecule has 0 atom stereocenters. The fourth-order valence-corrected chi connectivity index (χ4v) is 1.19. The minimum atomic E-state index is 0.519. The first-order valence-corrected chi connectivity index (χ1v) is 4.25. The fraction of sp³-hybridized carbons (Fsp3) is 0.250. The van der Waals surface area contributed by atoms with E-state index in [0.29, 0.717) is 22.5 Å². The minimum absolute atomic E-state index is 0.519. The summed E-state index contributed by atoms with van der Waals surface area (Å²) in [6, 6.07) is 3.67. The Balaban J connectivity index is 2.97. The maximum atomic E-state index is 8.53. The molecule has 0 aliphatic carbocycles. The highest BCUT2D eigenvalue weighted by Gasteiger charge is 2.02. The molecule has 1 rings (SSSR count). The van der Waals surface area contributed by atoms with Crippen LogP contribution in [-0.4, -0.2) is 11.6 Å². The molecule has 0 saturated heterocycles. The predicted molar refractivity (Wildman–Crippen MR) is 47.8 cm³/mol. The molecule has 0 spiro atoms. The Morgan fingerprint density at radius 2 is 2.50 bits per heavy atom. The predicted octanol–water partition coefficient (Wildman–Crippen LogP) is 2.11. The van der Waals surface area contributed by atoms with E-state index in [9.17, 15) is 0 Å². The van der Waals surface area contributed by atoms with Gasteiger partial charge in [0, 0.05) is 6.20 Å². The van der Waals surface area contributed by atoms with Gasteiger partial charge in [-0.25, -0.2) is 4.98 Å². The van der Waals surface area contributed by atoms with Gasteiger partial charge in [0.1, 0.15) is 6.07 Å². The molecule has 0 aliphatic rings. The number of ether oxygens (including phenoxy) is 1. The molecule has 0 radical (unpaired) electrons. The maximum Gasteiger partial charge on any atom is 0.228 e. The number of nitrogens with zero attached hydrogens (tertiary/aromatic N) is 2. The van der Waals surface area contributed by atoms with E-state index in [4.69, 9.17) is 10.00 Å². The lowest BCUT2D eigenvalue weighted by Gasteiger charge is -2.02. The Morgan fingerprint density at radius 1 is 1.75 bits per heavy atom. The Kier molecular flexibility index (Phi) is 3.06. The average molecular weight is 227 g/mol. The highest BCUT2D eigenvalue weighted by Crippen LogP contribution is 2.22. The first kappa shape index (κ1) is 9.01. The molecule has 0 saturated carbocycles. The zero-order valence-corrected chi connectivity index (χ0v) is 8.13. The summed E-state index contributed by atoms with van der Waals surface area (Å²) in [4.78, 5) is 3.95. The first-order valence-electron chi connectivity index (χ1n) is 3.46. The third kappa shape index (κ3) is 1.95. The Hall–Kier alpha value is -1.08. The fourth-order valence-electron chi connectivity index (χ4n) is 0.729. The summed E-state index contributed by atoms with van der Waals surface area (Å²) in [5, 5.41) is 8.53. The molecule has 0 bridgehead atoms. The van der Waals surface area contributed by atoms with Gasteiger partial charge in [0.15, 0.2) is 0 Å². The van der Waals surface area contributed by atoms with Crippen molar-refractivity contribution >= 4 is 15.9 Å². The van der Waals surface area contributed by atoms with Crippen molar-refractivity contribution in [3.8, 4) is 11.9 Å². The number of hydrogen-bond donors (Lipinski definition) is 0. The Labute approximate surface area is 79.1 Å². The van der Waals surface area contributed by atoms with Crippen molar-refractivity contribution in [1.29, 1.82) is 5.26 Å². The summed E-state index contributed by atoms with van der Waals surface area (Å²) in [6.45, 7) is 2.45. The van der Waals surface area contributed by atoms with Gasteiger partial charge in [0.2, 0.25) is 5.88 Å². The topological polar surface area (TPSA) is 45.9 Å². The van der Waals surface area contributed by atoms with E-state index in [1.54, 1.807) is 6.07 Å². The van der Waals surface area contributed by atoms with Crippen LogP contribution in [0.3, 0.4) is 0 Å². The van der Waals surface area contributed by atoms with Gasteiger partial charge in [-0.1, -0.05) is 0 Å². The van der Waals surface area contributed by atoms with Gasteiger partial charge in [-0.3, -0.25) is 0 Å². The van der Waals surface area contributed by atoms with Crippen LogP contribution in [0.4, 0.5) is 0 Å². The molecule has 1 aromatic heterocycles. The molecule has 12 heavy (non-hydrogen) atoms. The van der Waals surface area contributed by atoms with E-state index in [2.05, 4.69) is 20.9 Å². The number of rotatable bonds is 2. The van der Waals surface area contributed by atoms with Crippen LogP contribution in [0.15, 0.2) is 16.7 Å². The van der Waals surface area contributed by atoms with Gasteiger partial charge in [0.05, 0.1) is 16.6 Å². The van der Waals surface area contributed by atoms with Crippen LogP contribution in [-0.2, 0) is 0 Å². The second-order valence-electron chi connectivity index (χ2n) is 2.06. The van der Waals surface area contributed by atoms with Crippen LogP contribution < -0.4 is 4.74 Å². The standard InChI is InChI=1S/C8H7BrN2O/c1-2-12-8-7(9)3-6(4-10)5-11-8/h3,5H,2H2,1H3. The van der Waals surface area contributed by atoms with E-state index in [-0.39, 0.29) is 0 Å². The SMILES string of the molecule is CCOc1ncc(C#N)cc1Br. The molecule has 1 heterocycles. The van der Waals surface area contributed by atoms with Gasteiger partial charge < -0.3 is 4.74 Å². The first-order chi connectivity index (χ1) is 5.77. The summed E-state index contributed by atoms with van der Waals surface area (Å²) in [5.41, 5.74) is 0.519. The van der Waals surface area contributed by atoms with Crippen LogP contribution >= 0.6 is 15.9 Å². The Morgan fingerprint density at radius 3 is 3.00 bits per heavy atom. The summed E-state index contributed by atoms with van der Waals surface area (Å²) in [6.07, 6.45) is 1.48. The highest BCUT2D eigenvalue weighted by atomic mass is 79.9. The molecule has 0 N–H and O–H groups in total. The molecule has 0 aliphatic heterocycles. The lowest BCUT2D eigenvalue weighted by atomic mass is 10.3. The van der Waals surface area contributed by atoms with Crippen molar-refractivity contribution in [3.63, 3.8) is 0 Å². The van der Waals surface area contributed by atoms with Crippen molar-refractivity contribution in [2.75, 3.05) is 6.61 Å². The molecule has 0 aromatic carbocycles. The lowest BCUT2D eigenvalue weighted by molar-refractivity contribution is 0.324. The maximum absolute atomic E-state index is 8.53. The Bertz CT molecular complexity index is 319. The van der Waals surface area contributed by atoms with Crippen LogP contribution in [0.5, 0.6) is 5.88 Å². The smallest absolute Gasteiger partial charge is 0.228 e. The second kappa shape index (κ2) is 4.07. The van der Waals surface area contributed by atoms with Crippen molar-refractivity contribution in [2.24, 2.45) is 0 Å². The number of pyridine rings is 1. The summed E-state index contributed by atoms with van der Waals surface area (Å²) in [5.74, 6) is 0.525. The summed E-state index contributed by atoms with van der Waals surface area (Å²) >= 11 is 3.25. The van der Waals surface area contributed by atoms with Crippen molar-refractivity contribution in [3.05, 3.63) is 22.3 Å². The number of halogens is 1. The minimum Gasteiger partial charge on any atom is -0.477 e. The van der Waals surface area contributed by atoms with E-state index < -0.39 is 0 Å². The second-order valence-corrected chi connectivity index (χ2v) is 2.91. The van der Waals surface area contributed by atoms with Crippen LogP contribution in [0.25, 0.3) is 0 Å². The van der Waals surface area contributed by atoms with E-state index in [1.165, 1.54) is 6.20 Å². The molecule has 3 nitrogen and oxygen atoms in total. The highest BCUT2D eigenvalue weighted by molar-refractivity contribution is 9.10. The van der Waals surface area contributed by atoms with Gasteiger partial charge in [0.25, 0.3) is 0 Å². The number of nitriles is 1. The molecule has 0 unspecified atom stereocenters. The van der Waals surface area contributed by atoms with Crippen LogP contribution in [0.1, 0.15) is 12.5 Å². The zero-order valence-electron chi connectivity index (χ0n) is 6.54. The monoisotopic (exact) mass is 226 g/mol. The molecular formula is C8H7BrN2O. The quantitative estimate of drug-likeness (QED) is 0.777. The molecule has 62 valence electrons. The summed E-state index contributed by atoms with van der Waals surface area (Å²) in [7, 11) is 0. The lowest BCUT2D eigenvalue weighted by Crippen LogP contribution is -1.95. The van der Waals surface area contributed by atoms with Crippen LogP contribution in [0.2, 0.25) is 0 Å². The van der Waals surface area contributed by atoms with Gasteiger partial charge in [-0.05, 0) is 28.9 Å². The van der Waals surface area contributed by atoms with E-state index >= 15 is 0 Å². The third-order valence-corrected chi connectivity index (χ3v) is 1.79. The van der Waals surface area contributed by atoms with Crippen LogP contribution in [0, 0.1) is 11.3 Å². The van der Waals surface area contributed by atoms with Crippen molar-refractivity contribution in [1.82, 2.24) is 4.98 Å². The largest absolute Gasteiger partial charge is 0.477 e. The molecule has 1 aromatic rings. The van der Waals surface area contributed by atoms with E-state index in [0.717, 1.165) is 0 Å². The van der Waals surface area contributed by atoms with Crippen molar-refractivity contribution in [2.45, 2.75) is 6.92 Å². The van der Waals surface area contributed by atoms with Gasteiger partial charge in [-0.2, -0.15) is 5.26 Å². The zero-order chi connectivity index (χ0) is 8.97.